The molecule has 0 bridgehead atoms. The van der Waals surface area contributed by atoms with Gasteiger partial charge in [-0.2, -0.15) is 5.10 Å². The van der Waals surface area contributed by atoms with Gasteiger partial charge in [0.15, 0.2) is 5.82 Å². The number of ether oxygens (including phenoxy) is 1. The van der Waals surface area contributed by atoms with Gasteiger partial charge < -0.3 is 15.4 Å². The molecule has 18 heavy (non-hydrogen) atoms. The number of rotatable bonds is 3. The normalized spacial score (nSPS) is 24.0. The molecule has 1 aliphatic heterocycles. The minimum absolute atomic E-state index is 0.208. The van der Waals surface area contributed by atoms with Crippen LogP contribution >= 0.6 is 12.2 Å². The van der Waals surface area contributed by atoms with Crippen LogP contribution in [0.15, 0.2) is 12.3 Å². The lowest BCUT2D eigenvalue weighted by atomic mass is 9.95. The summed E-state index contributed by atoms with van der Waals surface area (Å²) in [6.45, 7) is 3.93. The molecule has 2 rings (SSSR count). The van der Waals surface area contributed by atoms with E-state index in [9.17, 15) is 0 Å². The van der Waals surface area contributed by atoms with Crippen LogP contribution in [0.1, 0.15) is 18.9 Å². The molecule has 2 N–H and O–H groups in total. The molecule has 0 saturated carbocycles. The number of nitrogens with two attached hydrogens (primary N) is 1. The second-order valence-corrected chi connectivity index (χ2v) is 5.06. The van der Waals surface area contributed by atoms with Gasteiger partial charge in [-0.15, -0.1) is 5.10 Å². The summed E-state index contributed by atoms with van der Waals surface area (Å²) in [5, 5.41) is 8.10. The first-order valence-electron chi connectivity index (χ1n) is 6.02. The molecule has 0 spiro atoms. The fourth-order valence-electron chi connectivity index (χ4n) is 2.28. The Bertz CT molecular complexity index is 440. The van der Waals surface area contributed by atoms with Crippen LogP contribution in [0.3, 0.4) is 0 Å². The average Bonchev–Trinajstić information content (AvgIpc) is 2.39. The number of thiocarbonyl (C=S) groups is 1. The Kier molecular flexibility index (Phi) is 4.08. The quantitative estimate of drug-likeness (QED) is 0.823. The molecule has 98 valence electrons. The maximum Gasteiger partial charge on any atom is 0.161 e. The van der Waals surface area contributed by atoms with Crippen molar-refractivity contribution in [2.45, 2.75) is 19.4 Å². The highest BCUT2D eigenvalue weighted by atomic mass is 32.1. The van der Waals surface area contributed by atoms with Crippen LogP contribution < -0.4 is 10.6 Å². The highest BCUT2D eigenvalue weighted by Gasteiger charge is 2.28. The Morgan fingerprint density at radius 1 is 1.61 bits per heavy atom. The van der Waals surface area contributed by atoms with Crippen molar-refractivity contribution in [3.8, 4) is 0 Å². The smallest absolute Gasteiger partial charge is 0.161 e. The van der Waals surface area contributed by atoms with Crippen LogP contribution in [0.4, 0.5) is 5.82 Å². The Hall–Kier alpha value is -1.27. The lowest BCUT2D eigenvalue weighted by Gasteiger charge is -2.37. The van der Waals surface area contributed by atoms with E-state index in [2.05, 4.69) is 22.0 Å². The predicted molar refractivity (Wildman–Crippen MR) is 74.7 cm³/mol. The van der Waals surface area contributed by atoms with E-state index >= 15 is 0 Å². The van der Waals surface area contributed by atoms with Crippen LogP contribution in [0.2, 0.25) is 0 Å². The molecule has 0 aromatic carbocycles. The topological polar surface area (TPSA) is 64.3 Å². The third-order valence-electron chi connectivity index (χ3n) is 3.46. The minimum Gasteiger partial charge on any atom is -0.389 e. The summed E-state index contributed by atoms with van der Waals surface area (Å²) in [5.41, 5.74) is 6.50. The van der Waals surface area contributed by atoms with E-state index in [-0.39, 0.29) is 6.10 Å². The van der Waals surface area contributed by atoms with Crippen molar-refractivity contribution >= 4 is 23.0 Å². The molecular formula is C12H18N4OS. The number of anilines is 1. The molecule has 1 aliphatic rings. The van der Waals surface area contributed by atoms with Gasteiger partial charge in [0.2, 0.25) is 0 Å². The number of piperidine rings is 1. The molecule has 5 nitrogen and oxygen atoms in total. The predicted octanol–water partition coefficient (Wildman–Crippen LogP) is 0.972. The molecule has 0 amide bonds. The van der Waals surface area contributed by atoms with Crippen LogP contribution in [0.25, 0.3) is 0 Å². The fraction of sp³-hybridized carbons (Fsp3) is 0.583. The number of hydrogen-bond acceptors (Lipinski definition) is 5. The van der Waals surface area contributed by atoms with E-state index in [0.717, 1.165) is 30.9 Å². The molecule has 1 aromatic heterocycles. The molecule has 0 radical (unpaired) electrons. The highest BCUT2D eigenvalue weighted by Crippen LogP contribution is 2.25. The van der Waals surface area contributed by atoms with Crippen molar-refractivity contribution in [1.82, 2.24) is 10.2 Å². The molecule has 2 atom stereocenters. The standard InChI is InChI=1S/C12H18N4OS/c1-8-4-6-16(7-10(8)17-2)12-9(11(13)18)3-5-14-15-12/h3,5,8,10H,4,6-7H2,1-2H3,(H2,13,18). The number of aromatic nitrogens is 2. The van der Waals surface area contributed by atoms with Gasteiger partial charge in [-0.1, -0.05) is 19.1 Å². The lowest BCUT2D eigenvalue weighted by Crippen LogP contribution is -2.45. The summed E-state index contributed by atoms with van der Waals surface area (Å²) in [5.74, 6) is 1.31. The van der Waals surface area contributed by atoms with Gasteiger partial charge in [0.1, 0.15) is 4.99 Å². The second-order valence-electron chi connectivity index (χ2n) is 4.62. The molecule has 1 saturated heterocycles. The van der Waals surface area contributed by atoms with E-state index in [1.807, 2.05) is 6.07 Å². The number of hydrogen-bond donors (Lipinski definition) is 1. The van der Waals surface area contributed by atoms with E-state index in [1.54, 1.807) is 13.3 Å². The SMILES string of the molecule is COC1CN(c2nnccc2C(N)=S)CCC1C. The van der Waals surface area contributed by atoms with Crippen LogP contribution in [-0.2, 0) is 4.74 Å². The van der Waals surface area contributed by atoms with E-state index < -0.39 is 0 Å². The fourth-order valence-corrected chi connectivity index (χ4v) is 2.44. The van der Waals surface area contributed by atoms with Gasteiger partial charge in [0, 0.05) is 20.2 Å². The zero-order valence-electron chi connectivity index (χ0n) is 10.7. The van der Waals surface area contributed by atoms with E-state index in [4.69, 9.17) is 22.7 Å². The minimum atomic E-state index is 0.208. The van der Waals surface area contributed by atoms with Gasteiger partial charge in [0.05, 0.1) is 17.9 Å². The van der Waals surface area contributed by atoms with Crippen molar-refractivity contribution in [1.29, 1.82) is 0 Å². The van der Waals surface area contributed by atoms with Crippen molar-refractivity contribution < 1.29 is 4.74 Å². The summed E-state index contributed by atoms with van der Waals surface area (Å²) < 4.78 is 5.50. The van der Waals surface area contributed by atoms with Crippen LogP contribution in [-0.4, -0.2) is 41.5 Å². The maximum absolute atomic E-state index is 5.72. The molecule has 1 aromatic rings. The molecule has 1 fully saturated rings. The van der Waals surface area contributed by atoms with Gasteiger partial charge in [-0.3, -0.25) is 0 Å². The van der Waals surface area contributed by atoms with Crippen molar-refractivity contribution in [3.63, 3.8) is 0 Å². The number of nitrogens with zero attached hydrogens (tertiary/aromatic N) is 3. The summed E-state index contributed by atoms with van der Waals surface area (Å²) in [7, 11) is 1.75. The van der Waals surface area contributed by atoms with E-state index in [1.165, 1.54) is 0 Å². The maximum atomic E-state index is 5.72. The Morgan fingerprint density at radius 3 is 3.06 bits per heavy atom. The zero-order chi connectivity index (χ0) is 13.1. The first-order chi connectivity index (χ1) is 8.63. The van der Waals surface area contributed by atoms with Crippen LogP contribution in [0.5, 0.6) is 0 Å². The Labute approximate surface area is 112 Å². The summed E-state index contributed by atoms with van der Waals surface area (Å²) >= 11 is 5.05. The lowest BCUT2D eigenvalue weighted by molar-refractivity contribution is 0.0496. The van der Waals surface area contributed by atoms with Gasteiger partial charge in [0.25, 0.3) is 0 Å². The molecule has 2 heterocycles. The summed E-state index contributed by atoms with van der Waals surface area (Å²) in [6.07, 6.45) is 2.88. The average molecular weight is 266 g/mol. The molecule has 0 aliphatic carbocycles. The zero-order valence-corrected chi connectivity index (χ0v) is 11.5. The largest absolute Gasteiger partial charge is 0.389 e. The van der Waals surface area contributed by atoms with Crippen molar-refractivity contribution in [2.75, 3.05) is 25.1 Å². The third kappa shape index (κ3) is 2.59. The van der Waals surface area contributed by atoms with Crippen LogP contribution in [0, 0.1) is 5.92 Å². The molecule has 6 heteroatoms. The second kappa shape index (κ2) is 5.58. The first-order valence-corrected chi connectivity index (χ1v) is 6.43. The molecule has 2 unspecified atom stereocenters. The summed E-state index contributed by atoms with van der Waals surface area (Å²) in [4.78, 5) is 2.50. The van der Waals surface area contributed by atoms with Gasteiger partial charge >= 0.3 is 0 Å². The Balaban J connectivity index is 2.24. The van der Waals surface area contributed by atoms with Gasteiger partial charge in [-0.05, 0) is 18.4 Å². The number of methoxy groups -OCH3 is 1. The Morgan fingerprint density at radius 2 is 2.39 bits per heavy atom. The van der Waals surface area contributed by atoms with E-state index in [0.29, 0.717) is 10.9 Å². The van der Waals surface area contributed by atoms with Gasteiger partial charge in [-0.25, -0.2) is 0 Å². The summed E-state index contributed by atoms with van der Waals surface area (Å²) in [6, 6.07) is 1.81. The first kappa shape index (κ1) is 13.2. The highest BCUT2D eigenvalue weighted by molar-refractivity contribution is 7.80. The van der Waals surface area contributed by atoms with Crippen molar-refractivity contribution in [2.24, 2.45) is 11.7 Å². The molecular weight excluding hydrogens is 248 g/mol. The monoisotopic (exact) mass is 266 g/mol. The van der Waals surface area contributed by atoms with Crippen molar-refractivity contribution in [3.05, 3.63) is 17.8 Å². The third-order valence-corrected chi connectivity index (χ3v) is 3.68.